The van der Waals surface area contributed by atoms with Crippen molar-refractivity contribution in [1.82, 2.24) is 25.1 Å². The molecule has 4 aromatic rings. The van der Waals surface area contributed by atoms with Gasteiger partial charge >= 0.3 is 18.2 Å². The molecule has 6 heterocycles. The molecule has 5 aliphatic rings. The van der Waals surface area contributed by atoms with Crippen LogP contribution in [-0.2, 0) is 0 Å². The van der Waals surface area contributed by atoms with Crippen molar-refractivity contribution in [2.24, 2.45) is 5.41 Å². The second-order valence-corrected chi connectivity index (χ2v) is 17.4. The highest BCUT2D eigenvalue weighted by Crippen LogP contribution is 2.50. The van der Waals surface area contributed by atoms with Gasteiger partial charge in [0.15, 0.2) is 5.82 Å². The van der Waals surface area contributed by atoms with Crippen molar-refractivity contribution >= 4 is 60.8 Å². The van der Waals surface area contributed by atoms with Crippen LogP contribution in [0.2, 0.25) is 5.02 Å². The summed E-state index contributed by atoms with van der Waals surface area (Å²) >= 11 is 7.83. The van der Waals surface area contributed by atoms with Gasteiger partial charge in [-0.15, -0.1) is 11.3 Å². The quantitative estimate of drug-likeness (QED) is 0.188. The molecule has 1 spiro atoms. The van der Waals surface area contributed by atoms with Crippen LogP contribution in [0.1, 0.15) is 63.4 Å². The standard InChI is InChI=1S/C38H38ClF5N8O2S/c39-24-15-22-29(28(41)27(24)21-5-6-25(40)30-26(21)23(16-45)31(46)55-30)47-33(54-20-36-8-3-13-52(36)14-4-9-36)48-32(22)50-12-2-1-7-35(17-50)18-51(19-35)34(53)49-37(10-11-37)38(42,43)44/h5-6,15H,1-4,7-14,17-20,46H2,(H,49,53). The number of carbonyl (C=O) groups is 1. The predicted molar refractivity (Wildman–Crippen MR) is 199 cm³/mol. The first kappa shape index (κ1) is 36.4. The molecule has 0 radical (unpaired) electrons. The number of hydrogen-bond donors (Lipinski definition) is 2. The Bertz CT molecular complexity index is 2280. The number of ether oxygens (including phenoxy) is 1. The van der Waals surface area contributed by atoms with E-state index < -0.39 is 34.8 Å². The molecular formula is C38H38ClF5N8O2S. The Morgan fingerprint density at radius 1 is 1.04 bits per heavy atom. The Hall–Kier alpha value is -4.20. The molecule has 0 atom stereocenters. The SMILES string of the molecule is N#Cc1c(N)sc2c(F)ccc(-c3c(Cl)cc4c(N5CCCCC6(CN(C(=O)NC7(C(F)(F)F)CC7)C6)C5)nc(OCC56CCCN5CCC6)nc4c3F)c12. The molecular weight excluding hydrogens is 763 g/mol. The molecule has 10 nitrogen and oxygen atoms in total. The zero-order valence-corrected chi connectivity index (χ0v) is 31.4. The van der Waals surface area contributed by atoms with Crippen LogP contribution in [0.15, 0.2) is 18.2 Å². The van der Waals surface area contributed by atoms with E-state index >= 15 is 8.78 Å². The summed E-state index contributed by atoms with van der Waals surface area (Å²) in [5.41, 5.74) is 3.45. The van der Waals surface area contributed by atoms with Crippen LogP contribution in [0.3, 0.4) is 0 Å². The number of anilines is 2. The second-order valence-electron chi connectivity index (χ2n) is 16.0. The van der Waals surface area contributed by atoms with Crippen molar-refractivity contribution in [3.8, 4) is 23.2 Å². The van der Waals surface area contributed by atoms with Crippen molar-refractivity contribution in [2.45, 2.75) is 75.0 Å². The van der Waals surface area contributed by atoms with Crippen LogP contribution < -0.4 is 20.7 Å². The van der Waals surface area contributed by atoms with Gasteiger partial charge in [-0.1, -0.05) is 24.1 Å². The van der Waals surface area contributed by atoms with Crippen molar-refractivity contribution < 1.29 is 31.5 Å². The number of carbonyl (C=O) groups excluding carboxylic acids is 1. The fourth-order valence-electron chi connectivity index (χ4n) is 9.48. The summed E-state index contributed by atoms with van der Waals surface area (Å²) in [6.07, 6.45) is 1.57. The molecule has 290 valence electrons. The fraction of sp³-hybridized carbons (Fsp3) is 0.526. The summed E-state index contributed by atoms with van der Waals surface area (Å²) in [6, 6.07) is 5.43. The predicted octanol–water partition coefficient (Wildman–Crippen LogP) is 8.00. The topological polar surface area (TPSA) is 124 Å². The maximum Gasteiger partial charge on any atom is 0.411 e. The average molecular weight is 801 g/mol. The smallest absolute Gasteiger partial charge is 0.411 e. The molecule has 17 heteroatoms. The van der Waals surface area contributed by atoms with Gasteiger partial charge in [0.25, 0.3) is 0 Å². The van der Waals surface area contributed by atoms with Gasteiger partial charge in [-0.2, -0.15) is 28.4 Å². The van der Waals surface area contributed by atoms with E-state index in [1.165, 1.54) is 17.0 Å². The van der Waals surface area contributed by atoms with Gasteiger partial charge in [0.05, 0.1) is 20.8 Å². The normalized spacial score (nSPS) is 21.4. The monoisotopic (exact) mass is 800 g/mol. The third-order valence-corrected chi connectivity index (χ3v) is 13.8. The van der Waals surface area contributed by atoms with E-state index in [9.17, 15) is 23.2 Å². The largest absolute Gasteiger partial charge is 0.461 e. The van der Waals surface area contributed by atoms with E-state index in [0.29, 0.717) is 30.9 Å². The van der Waals surface area contributed by atoms with Gasteiger partial charge in [-0.25, -0.2) is 13.6 Å². The number of nitrogens with zero attached hydrogens (tertiary/aromatic N) is 6. The number of nitrogen functional groups attached to an aromatic ring is 1. The molecule has 2 aromatic heterocycles. The Balaban J connectivity index is 1.10. The van der Waals surface area contributed by atoms with Gasteiger partial charge in [0.1, 0.15) is 40.4 Å². The highest BCUT2D eigenvalue weighted by Gasteiger charge is 2.65. The third kappa shape index (κ3) is 5.91. The Labute approximate surface area is 322 Å². The van der Waals surface area contributed by atoms with Crippen molar-refractivity contribution in [3.63, 3.8) is 0 Å². The zero-order valence-electron chi connectivity index (χ0n) is 29.8. The van der Waals surface area contributed by atoms with Crippen LogP contribution >= 0.6 is 22.9 Å². The Morgan fingerprint density at radius 2 is 1.78 bits per heavy atom. The highest BCUT2D eigenvalue weighted by molar-refractivity contribution is 7.23. The summed E-state index contributed by atoms with van der Waals surface area (Å²) in [6.45, 7) is 3.76. The molecule has 4 saturated heterocycles. The lowest BCUT2D eigenvalue weighted by Crippen LogP contribution is -2.65. The minimum Gasteiger partial charge on any atom is -0.461 e. The van der Waals surface area contributed by atoms with Gasteiger partial charge in [-0.05, 0) is 82.2 Å². The lowest BCUT2D eigenvalue weighted by atomic mass is 9.76. The first-order valence-electron chi connectivity index (χ1n) is 18.6. The van der Waals surface area contributed by atoms with Crippen LogP contribution in [0, 0.1) is 28.4 Å². The molecule has 2 amide bonds. The van der Waals surface area contributed by atoms with Crippen molar-refractivity contribution in [2.75, 3.05) is 56.5 Å². The summed E-state index contributed by atoms with van der Waals surface area (Å²) < 4.78 is 79.6. The molecule has 3 N–H and O–H groups in total. The van der Waals surface area contributed by atoms with E-state index in [2.05, 4.69) is 15.2 Å². The average Bonchev–Trinajstić information content (AvgIpc) is 3.58. The van der Waals surface area contributed by atoms with Gasteiger partial charge in [0, 0.05) is 47.9 Å². The van der Waals surface area contributed by atoms with Crippen LogP contribution in [0.4, 0.5) is 37.6 Å². The fourth-order valence-corrected chi connectivity index (χ4v) is 10.7. The number of amides is 2. The summed E-state index contributed by atoms with van der Waals surface area (Å²) in [7, 11) is 0. The third-order valence-electron chi connectivity index (χ3n) is 12.5. The molecule has 0 bridgehead atoms. The molecule has 0 unspecified atom stereocenters. The van der Waals surface area contributed by atoms with Crippen molar-refractivity contribution in [1.29, 1.82) is 5.26 Å². The molecule has 5 fully saturated rings. The Morgan fingerprint density at radius 3 is 2.47 bits per heavy atom. The van der Waals surface area contributed by atoms with E-state index in [-0.39, 0.29) is 79.8 Å². The van der Waals surface area contributed by atoms with Gasteiger partial charge in [-0.3, -0.25) is 4.90 Å². The number of likely N-dealkylation sites (tertiary alicyclic amines) is 1. The first-order chi connectivity index (χ1) is 26.3. The van der Waals surface area contributed by atoms with E-state index in [1.54, 1.807) is 6.07 Å². The van der Waals surface area contributed by atoms with E-state index in [1.807, 2.05) is 11.0 Å². The molecule has 1 aliphatic carbocycles. The molecule has 4 aliphatic heterocycles. The van der Waals surface area contributed by atoms with Crippen LogP contribution in [0.25, 0.3) is 32.1 Å². The first-order valence-corrected chi connectivity index (χ1v) is 19.8. The van der Waals surface area contributed by atoms with E-state index in [4.69, 9.17) is 27.1 Å². The number of fused-ring (bicyclic) bond motifs is 3. The maximum atomic E-state index is 17.2. The number of halogens is 6. The van der Waals surface area contributed by atoms with Gasteiger partial charge < -0.3 is 25.6 Å². The van der Waals surface area contributed by atoms with Crippen molar-refractivity contribution in [3.05, 3.63) is 40.4 Å². The number of nitrogens with one attached hydrogen (secondary N) is 1. The molecule has 9 rings (SSSR count). The number of nitriles is 1. The molecule has 55 heavy (non-hydrogen) atoms. The number of benzene rings is 2. The second kappa shape index (κ2) is 12.9. The summed E-state index contributed by atoms with van der Waals surface area (Å²) in [5, 5.41) is 12.7. The lowest BCUT2D eigenvalue weighted by molar-refractivity contribution is -0.163. The highest BCUT2D eigenvalue weighted by atomic mass is 35.5. The minimum atomic E-state index is -4.51. The summed E-state index contributed by atoms with van der Waals surface area (Å²) in [4.78, 5) is 28.4. The number of aromatic nitrogens is 2. The van der Waals surface area contributed by atoms with E-state index in [0.717, 1.165) is 69.4 Å². The summed E-state index contributed by atoms with van der Waals surface area (Å²) in [5.74, 6) is -1.01. The van der Waals surface area contributed by atoms with Crippen LogP contribution in [0.5, 0.6) is 6.01 Å². The lowest BCUT2D eigenvalue weighted by Gasteiger charge is -2.51. The minimum absolute atomic E-state index is 0.00812. The number of nitrogens with two attached hydrogens (primary N) is 1. The molecule has 2 aromatic carbocycles. The maximum absolute atomic E-state index is 17.2. The number of rotatable bonds is 6. The zero-order chi connectivity index (χ0) is 38.5. The number of thiophene rings is 1. The number of hydrogen-bond acceptors (Lipinski definition) is 9. The van der Waals surface area contributed by atoms with Crippen LogP contribution in [-0.4, -0.2) is 88.9 Å². The number of urea groups is 1. The Kier molecular flexibility index (Phi) is 8.56. The molecule has 1 saturated carbocycles. The van der Waals surface area contributed by atoms with Gasteiger partial charge in [0.2, 0.25) is 0 Å². The number of alkyl halides is 3.